The van der Waals surface area contributed by atoms with Gasteiger partial charge in [0.1, 0.15) is 0 Å². The molecular formula is C14H24ClN5. The fourth-order valence-electron chi connectivity index (χ4n) is 2.52. The summed E-state index contributed by atoms with van der Waals surface area (Å²) in [5.41, 5.74) is 0. The van der Waals surface area contributed by atoms with Crippen molar-refractivity contribution in [3.63, 3.8) is 0 Å². The van der Waals surface area contributed by atoms with Gasteiger partial charge < -0.3 is 9.80 Å². The molecule has 0 amide bonds. The molecule has 0 aromatic carbocycles. The molecule has 0 atom stereocenters. The van der Waals surface area contributed by atoms with E-state index in [9.17, 15) is 0 Å². The van der Waals surface area contributed by atoms with Crippen LogP contribution in [-0.2, 0) is 0 Å². The van der Waals surface area contributed by atoms with Crippen LogP contribution < -0.4 is 9.80 Å². The van der Waals surface area contributed by atoms with Crippen LogP contribution >= 0.6 is 11.6 Å². The van der Waals surface area contributed by atoms with Gasteiger partial charge in [0.05, 0.1) is 0 Å². The molecule has 1 aliphatic rings. The lowest BCUT2D eigenvalue weighted by Gasteiger charge is -2.29. The summed E-state index contributed by atoms with van der Waals surface area (Å²) >= 11 is 6.10. The summed E-state index contributed by atoms with van der Waals surface area (Å²) in [7, 11) is 0. The Hall–Kier alpha value is -1.10. The van der Waals surface area contributed by atoms with Crippen molar-refractivity contribution in [2.75, 3.05) is 29.4 Å². The molecule has 2 heterocycles. The lowest BCUT2D eigenvalue weighted by molar-refractivity contribution is 0.565. The Kier molecular flexibility index (Phi) is 5.40. The fourth-order valence-corrected chi connectivity index (χ4v) is 2.67. The lowest BCUT2D eigenvalue weighted by Crippen LogP contribution is -2.35. The Balaban J connectivity index is 2.26. The number of rotatable bonds is 5. The maximum absolute atomic E-state index is 6.10. The molecule has 0 spiro atoms. The van der Waals surface area contributed by atoms with Gasteiger partial charge in [0.2, 0.25) is 17.2 Å². The molecule has 112 valence electrons. The number of hydrogen-bond donors (Lipinski definition) is 0. The van der Waals surface area contributed by atoms with Crippen molar-refractivity contribution < 1.29 is 0 Å². The zero-order valence-electron chi connectivity index (χ0n) is 12.6. The van der Waals surface area contributed by atoms with Crippen LogP contribution in [0, 0.1) is 0 Å². The summed E-state index contributed by atoms with van der Waals surface area (Å²) in [5, 5.41) is 0.289. The quantitative estimate of drug-likeness (QED) is 0.835. The van der Waals surface area contributed by atoms with E-state index in [-0.39, 0.29) is 5.28 Å². The van der Waals surface area contributed by atoms with Gasteiger partial charge in [-0.05, 0) is 51.1 Å². The zero-order valence-corrected chi connectivity index (χ0v) is 13.4. The van der Waals surface area contributed by atoms with Crippen LogP contribution in [0.4, 0.5) is 11.9 Å². The second kappa shape index (κ2) is 7.07. The van der Waals surface area contributed by atoms with Gasteiger partial charge in [0.15, 0.2) is 0 Å². The van der Waals surface area contributed by atoms with Crippen molar-refractivity contribution in [1.82, 2.24) is 15.0 Å². The zero-order chi connectivity index (χ0) is 14.5. The van der Waals surface area contributed by atoms with Gasteiger partial charge in [0.25, 0.3) is 0 Å². The number of anilines is 2. The summed E-state index contributed by atoms with van der Waals surface area (Å²) in [4.78, 5) is 17.7. The highest BCUT2D eigenvalue weighted by atomic mass is 35.5. The van der Waals surface area contributed by atoms with Crippen molar-refractivity contribution in [3.8, 4) is 0 Å². The number of halogens is 1. The number of piperidine rings is 1. The Morgan fingerprint density at radius 2 is 1.85 bits per heavy atom. The fraction of sp³-hybridized carbons (Fsp3) is 0.786. The van der Waals surface area contributed by atoms with Crippen LogP contribution in [0.2, 0.25) is 5.28 Å². The molecule has 0 bridgehead atoms. The lowest BCUT2D eigenvalue weighted by atomic mass is 10.1. The van der Waals surface area contributed by atoms with E-state index in [1.807, 2.05) is 0 Å². The first-order valence-corrected chi connectivity index (χ1v) is 7.92. The van der Waals surface area contributed by atoms with E-state index in [1.165, 1.54) is 19.3 Å². The number of aromatic nitrogens is 3. The van der Waals surface area contributed by atoms with Crippen molar-refractivity contribution in [3.05, 3.63) is 5.28 Å². The van der Waals surface area contributed by atoms with E-state index < -0.39 is 0 Å². The Morgan fingerprint density at radius 1 is 1.15 bits per heavy atom. The predicted octanol–water partition coefficient (Wildman–Crippen LogP) is 3.14. The molecule has 6 heteroatoms. The first-order chi connectivity index (χ1) is 9.61. The molecule has 1 aliphatic heterocycles. The molecule has 0 unspecified atom stereocenters. The molecule has 20 heavy (non-hydrogen) atoms. The third-order valence-corrected chi connectivity index (χ3v) is 3.74. The topological polar surface area (TPSA) is 45.2 Å². The predicted molar refractivity (Wildman–Crippen MR) is 83.7 cm³/mol. The van der Waals surface area contributed by atoms with Crippen LogP contribution in [0.5, 0.6) is 0 Å². The van der Waals surface area contributed by atoms with E-state index in [2.05, 4.69) is 45.5 Å². The van der Waals surface area contributed by atoms with Crippen LogP contribution in [0.25, 0.3) is 0 Å². The average Bonchev–Trinajstić information content (AvgIpc) is 2.44. The molecule has 0 radical (unpaired) electrons. The Bertz CT molecular complexity index is 432. The molecular weight excluding hydrogens is 274 g/mol. The largest absolute Gasteiger partial charge is 0.341 e. The van der Waals surface area contributed by atoms with Gasteiger partial charge in [-0.1, -0.05) is 6.92 Å². The second-order valence-electron chi connectivity index (χ2n) is 5.54. The molecule has 1 fully saturated rings. The highest BCUT2D eigenvalue weighted by Crippen LogP contribution is 2.21. The monoisotopic (exact) mass is 297 g/mol. The molecule has 1 aromatic rings. The summed E-state index contributed by atoms with van der Waals surface area (Å²) in [6, 6.07) is 0.350. The van der Waals surface area contributed by atoms with Crippen LogP contribution in [0.3, 0.4) is 0 Å². The van der Waals surface area contributed by atoms with Crippen molar-refractivity contribution in [1.29, 1.82) is 0 Å². The van der Waals surface area contributed by atoms with Crippen molar-refractivity contribution in [2.24, 2.45) is 0 Å². The van der Waals surface area contributed by atoms with Crippen molar-refractivity contribution >= 4 is 23.5 Å². The van der Waals surface area contributed by atoms with Gasteiger partial charge in [0, 0.05) is 25.7 Å². The summed E-state index contributed by atoms with van der Waals surface area (Å²) < 4.78 is 0. The minimum atomic E-state index is 0.289. The second-order valence-corrected chi connectivity index (χ2v) is 5.88. The summed E-state index contributed by atoms with van der Waals surface area (Å²) in [5.74, 6) is 1.42. The summed E-state index contributed by atoms with van der Waals surface area (Å²) in [6.45, 7) is 9.40. The van der Waals surface area contributed by atoms with Gasteiger partial charge in [-0.15, -0.1) is 0 Å². The maximum Gasteiger partial charge on any atom is 0.231 e. The summed E-state index contributed by atoms with van der Waals surface area (Å²) in [6.07, 6.45) is 4.74. The number of nitrogens with zero attached hydrogens (tertiary/aromatic N) is 5. The molecule has 1 saturated heterocycles. The number of hydrogen-bond acceptors (Lipinski definition) is 5. The first kappa shape index (κ1) is 15.3. The van der Waals surface area contributed by atoms with Crippen LogP contribution in [0.1, 0.15) is 46.5 Å². The third kappa shape index (κ3) is 3.72. The standard InChI is InChI=1S/C14H24ClN5/c1-4-8-20(11(2)3)14-17-12(15)16-13(18-14)19-9-6-5-7-10-19/h11H,4-10H2,1-3H3. The average molecular weight is 298 g/mol. The smallest absolute Gasteiger partial charge is 0.231 e. The normalized spacial score (nSPS) is 15.8. The SMILES string of the molecule is CCCN(c1nc(Cl)nc(N2CCCCC2)n1)C(C)C. The molecule has 0 saturated carbocycles. The van der Waals surface area contributed by atoms with E-state index in [4.69, 9.17) is 11.6 Å². The van der Waals surface area contributed by atoms with Gasteiger partial charge in [-0.25, -0.2) is 0 Å². The highest BCUT2D eigenvalue weighted by molar-refractivity contribution is 6.28. The van der Waals surface area contributed by atoms with Crippen LogP contribution in [0.15, 0.2) is 0 Å². The molecule has 0 aliphatic carbocycles. The first-order valence-electron chi connectivity index (χ1n) is 7.55. The Morgan fingerprint density at radius 3 is 2.45 bits per heavy atom. The van der Waals surface area contributed by atoms with Crippen molar-refractivity contribution in [2.45, 2.75) is 52.5 Å². The van der Waals surface area contributed by atoms with E-state index in [0.29, 0.717) is 12.0 Å². The van der Waals surface area contributed by atoms with Gasteiger partial charge >= 0.3 is 0 Å². The van der Waals surface area contributed by atoms with E-state index in [1.54, 1.807) is 0 Å². The molecule has 1 aromatic heterocycles. The van der Waals surface area contributed by atoms with Gasteiger partial charge in [-0.2, -0.15) is 15.0 Å². The Labute approximate surface area is 126 Å². The minimum Gasteiger partial charge on any atom is -0.341 e. The molecule has 0 N–H and O–H groups in total. The highest BCUT2D eigenvalue weighted by Gasteiger charge is 2.19. The maximum atomic E-state index is 6.10. The third-order valence-electron chi connectivity index (χ3n) is 3.57. The molecule has 2 rings (SSSR count). The van der Waals surface area contributed by atoms with Crippen LogP contribution in [-0.4, -0.2) is 40.6 Å². The molecule has 5 nitrogen and oxygen atoms in total. The minimum absolute atomic E-state index is 0.289. The van der Waals surface area contributed by atoms with E-state index in [0.717, 1.165) is 32.0 Å². The van der Waals surface area contributed by atoms with Gasteiger partial charge in [-0.3, -0.25) is 0 Å². The van der Waals surface area contributed by atoms with E-state index >= 15 is 0 Å².